The minimum absolute atomic E-state index is 0.00280. The maximum Gasteiger partial charge on any atom is 0.227 e. The molecule has 1 aliphatic rings. The van der Waals surface area contributed by atoms with Gasteiger partial charge in [-0.1, -0.05) is 15.9 Å². The number of hydrogen-bond donors (Lipinski definition) is 2. The van der Waals surface area contributed by atoms with E-state index in [0.29, 0.717) is 39.1 Å². The van der Waals surface area contributed by atoms with E-state index in [9.17, 15) is 4.79 Å². The highest BCUT2D eigenvalue weighted by Gasteiger charge is 2.38. The molecule has 0 unspecified atom stereocenters. The number of nitrogens with two attached hydrogens (primary N) is 1. The van der Waals surface area contributed by atoms with E-state index in [-0.39, 0.29) is 5.91 Å². The number of ether oxygens (including phenoxy) is 2. The molecule has 0 aliphatic carbocycles. The van der Waals surface area contributed by atoms with Crippen LogP contribution in [0.5, 0.6) is 5.75 Å². The minimum Gasteiger partial charge on any atom is -0.497 e. The lowest BCUT2D eigenvalue weighted by molar-refractivity contribution is -0.136. The van der Waals surface area contributed by atoms with Crippen LogP contribution in [-0.4, -0.2) is 32.8 Å². The van der Waals surface area contributed by atoms with Crippen LogP contribution in [0.1, 0.15) is 18.4 Å². The Labute approximate surface area is 133 Å². The van der Waals surface area contributed by atoms with Crippen molar-refractivity contribution in [1.29, 1.82) is 0 Å². The first kappa shape index (κ1) is 16.3. The van der Waals surface area contributed by atoms with E-state index in [1.165, 1.54) is 0 Å². The highest BCUT2D eigenvalue weighted by Crippen LogP contribution is 2.30. The number of carbonyl (C=O) groups excluding carboxylic acids is 1. The van der Waals surface area contributed by atoms with Gasteiger partial charge in [-0.05, 0) is 36.6 Å². The van der Waals surface area contributed by atoms with Gasteiger partial charge >= 0.3 is 0 Å². The smallest absolute Gasteiger partial charge is 0.227 e. The quantitative estimate of drug-likeness (QED) is 0.843. The summed E-state index contributed by atoms with van der Waals surface area (Å²) in [5.41, 5.74) is 6.32. The van der Waals surface area contributed by atoms with Gasteiger partial charge in [-0.25, -0.2) is 0 Å². The topological polar surface area (TPSA) is 73.6 Å². The van der Waals surface area contributed by atoms with Crippen molar-refractivity contribution < 1.29 is 14.3 Å². The molecule has 21 heavy (non-hydrogen) atoms. The summed E-state index contributed by atoms with van der Waals surface area (Å²) in [5.74, 6) is 0.769. The Morgan fingerprint density at radius 3 is 2.81 bits per heavy atom. The second-order valence-corrected chi connectivity index (χ2v) is 6.09. The second kappa shape index (κ2) is 7.24. The highest BCUT2D eigenvalue weighted by atomic mass is 79.9. The van der Waals surface area contributed by atoms with Gasteiger partial charge in [0.1, 0.15) is 5.75 Å². The molecule has 1 amide bonds. The number of amides is 1. The number of carbonyl (C=O) groups is 1. The van der Waals surface area contributed by atoms with Gasteiger partial charge in [-0.2, -0.15) is 0 Å². The van der Waals surface area contributed by atoms with E-state index in [4.69, 9.17) is 15.2 Å². The van der Waals surface area contributed by atoms with E-state index in [1.54, 1.807) is 7.11 Å². The Morgan fingerprint density at radius 2 is 2.19 bits per heavy atom. The van der Waals surface area contributed by atoms with Crippen LogP contribution in [0.3, 0.4) is 0 Å². The summed E-state index contributed by atoms with van der Waals surface area (Å²) in [4.78, 5) is 12.5. The molecule has 0 saturated carbocycles. The number of rotatable bonds is 5. The summed E-state index contributed by atoms with van der Waals surface area (Å²) in [6, 6.07) is 5.69. The second-order valence-electron chi connectivity index (χ2n) is 5.24. The van der Waals surface area contributed by atoms with Crippen LogP contribution in [0.15, 0.2) is 22.7 Å². The van der Waals surface area contributed by atoms with E-state index in [1.807, 2.05) is 18.2 Å². The summed E-state index contributed by atoms with van der Waals surface area (Å²) in [6.45, 7) is 1.97. The Bertz CT molecular complexity index is 502. The number of hydrogen-bond acceptors (Lipinski definition) is 4. The van der Waals surface area contributed by atoms with Crippen molar-refractivity contribution in [2.24, 2.45) is 11.1 Å². The van der Waals surface area contributed by atoms with Crippen molar-refractivity contribution in [2.45, 2.75) is 19.4 Å². The first-order valence-electron chi connectivity index (χ1n) is 7.00. The lowest BCUT2D eigenvalue weighted by Gasteiger charge is -2.34. The third-order valence-corrected chi connectivity index (χ3v) is 4.79. The average Bonchev–Trinajstić information content (AvgIpc) is 2.54. The molecule has 116 valence electrons. The third kappa shape index (κ3) is 3.75. The Kier molecular flexibility index (Phi) is 5.61. The maximum atomic E-state index is 12.5. The molecule has 2 rings (SSSR count). The molecule has 1 aromatic rings. The van der Waals surface area contributed by atoms with Crippen LogP contribution in [0.25, 0.3) is 0 Å². The Morgan fingerprint density at radius 1 is 1.48 bits per heavy atom. The average molecular weight is 357 g/mol. The summed E-state index contributed by atoms with van der Waals surface area (Å²) in [5, 5.41) is 2.99. The van der Waals surface area contributed by atoms with Crippen molar-refractivity contribution in [3.63, 3.8) is 0 Å². The molecule has 1 aromatic carbocycles. The van der Waals surface area contributed by atoms with Crippen LogP contribution in [-0.2, 0) is 16.1 Å². The number of benzene rings is 1. The van der Waals surface area contributed by atoms with Gasteiger partial charge in [0.05, 0.1) is 12.5 Å². The van der Waals surface area contributed by atoms with Crippen LogP contribution >= 0.6 is 15.9 Å². The molecule has 1 saturated heterocycles. The van der Waals surface area contributed by atoms with Gasteiger partial charge < -0.3 is 20.5 Å². The normalized spacial score (nSPS) is 17.3. The fraction of sp³-hybridized carbons (Fsp3) is 0.533. The van der Waals surface area contributed by atoms with Gasteiger partial charge in [-0.15, -0.1) is 0 Å². The van der Waals surface area contributed by atoms with Crippen LogP contribution < -0.4 is 15.8 Å². The summed E-state index contributed by atoms with van der Waals surface area (Å²) in [7, 11) is 1.62. The Hall–Kier alpha value is -1.11. The SMILES string of the molecule is COc1ccc(Br)c(CNC(=O)C2(CN)CCOCC2)c1. The van der Waals surface area contributed by atoms with Crippen LogP contribution in [0.2, 0.25) is 0 Å². The molecule has 0 bridgehead atoms. The molecule has 0 spiro atoms. The van der Waals surface area contributed by atoms with Gasteiger partial charge in [0.2, 0.25) is 5.91 Å². The number of methoxy groups -OCH3 is 1. The molecular weight excluding hydrogens is 336 g/mol. The molecule has 0 atom stereocenters. The van der Waals surface area contributed by atoms with Crippen molar-refractivity contribution >= 4 is 21.8 Å². The molecule has 1 fully saturated rings. The number of nitrogens with one attached hydrogen (secondary N) is 1. The van der Waals surface area contributed by atoms with Gasteiger partial charge in [0.15, 0.2) is 0 Å². The summed E-state index contributed by atoms with van der Waals surface area (Å²) < 4.78 is 11.5. The Balaban J connectivity index is 2.03. The fourth-order valence-corrected chi connectivity index (χ4v) is 2.85. The van der Waals surface area contributed by atoms with Gasteiger partial charge in [0, 0.05) is 30.8 Å². The third-order valence-electron chi connectivity index (χ3n) is 4.01. The zero-order chi connectivity index (χ0) is 15.3. The molecule has 0 radical (unpaired) electrons. The molecule has 1 heterocycles. The van der Waals surface area contributed by atoms with Gasteiger partial charge in [0.25, 0.3) is 0 Å². The molecule has 5 nitrogen and oxygen atoms in total. The van der Waals surface area contributed by atoms with E-state index in [0.717, 1.165) is 15.8 Å². The van der Waals surface area contributed by atoms with Crippen molar-refractivity contribution in [1.82, 2.24) is 5.32 Å². The van der Waals surface area contributed by atoms with Crippen LogP contribution in [0, 0.1) is 5.41 Å². The zero-order valence-electron chi connectivity index (χ0n) is 12.2. The minimum atomic E-state index is -0.496. The highest BCUT2D eigenvalue weighted by molar-refractivity contribution is 9.10. The summed E-state index contributed by atoms with van der Waals surface area (Å²) >= 11 is 3.48. The maximum absolute atomic E-state index is 12.5. The first-order valence-corrected chi connectivity index (χ1v) is 7.79. The fourth-order valence-electron chi connectivity index (χ4n) is 2.46. The van der Waals surface area contributed by atoms with Crippen molar-refractivity contribution in [3.05, 3.63) is 28.2 Å². The molecular formula is C15H21BrN2O3. The van der Waals surface area contributed by atoms with E-state index < -0.39 is 5.41 Å². The molecule has 1 aliphatic heterocycles. The zero-order valence-corrected chi connectivity index (χ0v) is 13.7. The number of halogens is 1. The molecule has 0 aromatic heterocycles. The molecule has 6 heteroatoms. The van der Waals surface area contributed by atoms with Gasteiger partial charge in [-0.3, -0.25) is 4.79 Å². The largest absolute Gasteiger partial charge is 0.497 e. The first-order chi connectivity index (χ1) is 10.1. The van der Waals surface area contributed by atoms with Crippen LogP contribution in [0.4, 0.5) is 0 Å². The summed E-state index contributed by atoms with van der Waals surface area (Å²) in [6.07, 6.45) is 1.35. The predicted octanol–water partition coefficient (Wildman–Crippen LogP) is 1.83. The monoisotopic (exact) mass is 356 g/mol. The van der Waals surface area contributed by atoms with Crippen molar-refractivity contribution in [2.75, 3.05) is 26.9 Å². The lowest BCUT2D eigenvalue weighted by Crippen LogP contribution is -2.49. The van der Waals surface area contributed by atoms with E-state index >= 15 is 0 Å². The predicted molar refractivity (Wildman–Crippen MR) is 84.1 cm³/mol. The standard InChI is InChI=1S/C15H21BrN2O3/c1-20-12-2-3-13(16)11(8-12)9-18-14(19)15(10-17)4-6-21-7-5-15/h2-3,8H,4-7,9-10,17H2,1H3,(H,18,19). The van der Waals surface area contributed by atoms with Crippen molar-refractivity contribution in [3.8, 4) is 5.75 Å². The lowest BCUT2D eigenvalue weighted by atomic mass is 9.79. The van der Waals surface area contributed by atoms with E-state index in [2.05, 4.69) is 21.2 Å². The molecule has 3 N–H and O–H groups in total.